The number of fused-ring (bicyclic) bond motifs is 3. The monoisotopic (exact) mass is 474 g/mol. The fraction of sp³-hybridized carbons (Fsp3) is 0.615. The molecular weight excluding hydrogens is 428 g/mol. The van der Waals surface area contributed by atoms with Crippen LogP contribution in [0.25, 0.3) is 0 Å². The molecule has 2 atom stereocenters. The van der Waals surface area contributed by atoms with Gasteiger partial charge in [0, 0.05) is 33.4 Å². The molecule has 0 radical (unpaired) electrons. The molecule has 1 aromatic rings. The van der Waals surface area contributed by atoms with Crippen LogP contribution in [-0.2, 0) is 4.74 Å². The van der Waals surface area contributed by atoms with E-state index in [-0.39, 0.29) is 7.59 Å². The zero-order valence-corrected chi connectivity index (χ0v) is 21.9. The molecule has 192 valence electrons. The van der Waals surface area contributed by atoms with Crippen molar-refractivity contribution in [2.75, 3.05) is 43.6 Å². The summed E-state index contributed by atoms with van der Waals surface area (Å²) in [6.45, 7) is 17.4. The van der Waals surface area contributed by atoms with E-state index in [0.29, 0.717) is 19.1 Å². The molecule has 2 aliphatic rings. The van der Waals surface area contributed by atoms with Crippen LogP contribution in [0, 0.1) is 5.92 Å². The molecule has 0 aliphatic carbocycles. The molecular formula is C26H46N6O2. The van der Waals surface area contributed by atoms with E-state index in [9.17, 15) is 0 Å². The first-order chi connectivity index (χ1) is 16.5. The van der Waals surface area contributed by atoms with Crippen molar-refractivity contribution in [1.82, 2.24) is 10.7 Å². The van der Waals surface area contributed by atoms with Crippen LogP contribution in [0.5, 0.6) is 5.75 Å². The Bertz CT molecular complexity index is 845. The molecule has 34 heavy (non-hydrogen) atoms. The lowest BCUT2D eigenvalue weighted by molar-refractivity contribution is 0.146. The molecule has 0 bridgehead atoms. The van der Waals surface area contributed by atoms with Crippen LogP contribution >= 0.6 is 0 Å². The molecule has 8 nitrogen and oxygen atoms in total. The van der Waals surface area contributed by atoms with Crippen LogP contribution in [-0.4, -0.2) is 51.3 Å². The number of nitrogens with one attached hydrogen (secondary N) is 3. The molecule has 0 saturated heterocycles. The number of hydrogen-bond donors (Lipinski definition) is 3. The Morgan fingerprint density at radius 3 is 2.85 bits per heavy atom. The van der Waals surface area contributed by atoms with Gasteiger partial charge in [0.2, 0.25) is 0 Å². The molecule has 0 saturated carbocycles. The van der Waals surface area contributed by atoms with Gasteiger partial charge in [-0.25, -0.2) is 0 Å². The maximum absolute atomic E-state index is 5.78. The predicted molar refractivity (Wildman–Crippen MR) is 146 cm³/mol. The van der Waals surface area contributed by atoms with Crippen molar-refractivity contribution in [3.05, 3.63) is 30.5 Å². The lowest BCUT2D eigenvalue weighted by Crippen LogP contribution is -2.51. The second kappa shape index (κ2) is 14.5. The van der Waals surface area contributed by atoms with E-state index in [1.807, 2.05) is 32.9 Å². The molecule has 0 spiro atoms. The smallest absolute Gasteiger partial charge is 0.179 e. The van der Waals surface area contributed by atoms with Crippen LogP contribution in [0.1, 0.15) is 61.7 Å². The molecule has 0 aromatic heterocycles. The minimum absolute atomic E-state index is 0. The average molecular weight is 475 g/mol. The minimum atomic E-state index is -0.101. The number of allylic oxidation sites excluding steroid dienone is 1. The summed E-state index contributed by atoms with van der Waals surface area (Å²) in [6, 6.07) is 6.04. The van der Waals surface area contributed by atoms with Gasteiger partial charge in [-0.15, -0.1) is 0 Å². The first-order valence-electron chi connectivity index (χ1n) is 12.6. The van der Waals surface area contributed by atoms with Crippen LogP contribution in [0.15, 0.2) is 40.6 Å². The van der Waals surface area contributed by atoms with Crippen LogP contribution in [0.2, 0.25) is 0 Å². The van der Waals surface area contributed by atoms with Gasteiger partial charge in [-0.2, -0.15) is 5.10 Å². The Morgan fingerprint density at radius 1 is 1.32 bits per heavy atom. The number of nitrogens with zero attached hydrogens (tertiary/aromatic N) is 3. The normalized spacial score (nSPS) is 17.9. The van der Waals surface area contributed by atoms with E-state index in [0.717, 1.165) is 66.8 Å². The number of ether oxygens (including phenoxy) is 2. The van der Waals surface area contributed by atoms with Gasteiger partial charge < -0.3 is 20.1 Å². The number of aliphatic imine (C=N–C) groups is 1. The maximum Gasteiger partial charge on any atom is 0.179 e. The number of anilines is 2. The van der Waals surface area contributed by atoms with Gasteiger partial charge in [0.25, 0.3) is 0 Å². The predicted octanol–water partition coefficient (Wildman–Crippen LogP) is 5.20. The van der Waals surface area contributed by atoms with Crippen molar-refractivity contribution in [2.45, 2.75) is 66.5 Å². The van der Waals surface area contributed by atoms with Crippen molar-refractivity contribution in [2.24, 2.45) is 16.0 Å². The van der Waals surface area contributed by atoms with Gasteiger partial charge in [0.15, 0.2) is 6.17 Å². The Labute approximate surface area is 207 Å². The van der Waals surface area contributed by atoms with E-state index in [2.05, 4.69) is 52.6 Å². The summed E-state index contributed by atoms with van der Waals surface area (Å²) in [5.74, 6) is 3.28. The fourth-order valence-electron chi connectivity index (χ4n) is 3.78. The molecule has 2 aliphatic heterocycles. The third-order valence-electron chi connectivity index (χ3n) is 5.79. The topological polar surface area (TPSA) is 82.5 Å². The maximum atomic E-state index is 5.78. The third-order valence-corrected chi connectivity index (χ3v) is 5.79. The summed E-state index contributed by atoms with van der Waals surface area (Å²) >= 11 is 0. The Morgan fingerprint density at radius 2 is 2.12 bits per heavy atom. The second-order valence-electron chi connectivity index (χ2n) is 8.43. The number of hydrazone groups is 1. The van der Waals surface area contributed by atoms with E-state index in [1.54, 1.807) is 7.11 Å². The fourth-order valence-corrected chi connectivity index (χ4v) is 3.78. The van der Waals surface area contributed by atoms with Gasteiger partial charge in [-0.05, 0) is 44.2 Å². The van der Waals surface area contributed by atoms with Crippen molar-refractivity contribution < 1.29 is 10.9 Å². The summed E-state index contributed by atoms with van der Waals surface area (Å²) < 4.78 is 10.8. The average Bonchev–Trinajstić information content (AvgIpc) is 3.24. The Kier molecular flexibility index (Phi) is 11.7. The van der Waals surface area contributed by atoms with Crippen molar-refractivity contribution in [3.8, 4) is 5.75 Å². The Hall–Kier alpha value is -2.74. The third kappa shape index (κ3) is 7.65. The number of benzene rings is 1. The number of unbranched alkanes of at least 4 members (excludes halogenated alkanes) is 1. The highest BCUT2D eigenvalue weighted by atomic mass is 16.5. The van der Waals surface area contributed by atoms with Gasteiger partial charge in [-0.1, -0.05) is 40.7 Å². The summed E-state index contributed by atoms with van der Waals surface area (Å²) in [6.07, 6.45) is 4.19. The summed E-state index contributed by atoms with van der Waals surface area (Å²) in [4.78, 5) is 7.03. The van der Waals surface area contributed by atoms with Crippen LogP contribution in [0.4, 0.5) is 11.4 Å². The number of methoxy groups -OCH3 is 1. The Balaban J connectivity index is 0.00000199. The molecule has 8 heteroatoms. The summed E-state index contributed by atoms with van der Waals surface area (Å²) in [5.41, 5.74) is 6.36. The standard InChI is InChI=1S/C24H38N6O2.C2H6.H2/c1-6-17(2)15-18(3)25-11-7-8-12-26-23-24-29-28-19(4)30(24)22-10-9-20(16-21(22)27-23)32-14-13-31-5;1-2;/h9-10,16-17,24-25,29H,3,6-8,11-15H2,1-2,4-5H3,(H,26,27);1-2H3;1H. The molecule has 2 heterocycles. The zero-order chi connectivity index (χ0) is 24.9. The highest BCUT2D eigenvalue weighted by Crippen LogP contribution is 2.36. The summed E-state index contributed by atoms with van der Waals surface area (Å²) in [7, 11) is 1.67. The van der Waals surface area contributed by atoms with Gasteiger partial charge >= 0.3 is 0 Å². The number of rotatable bonds is 13. The molecule has 0 fully saturated rings. The largest absolute Gasteiger partial charge is 0.491 e. The molecule has 1 aromatic carbocycles. The highest BCUT2D eigenvalue weighted by Gasteiger charge is 2.36. The van der Waals surface area contributed by atoms with E-state index in [1.165, 1.54) is 6.42 Å². The van der Waals surface area contributed by atoms with Gasteiger partial charge in [0.1, 0.15) is 24.0 Å². The first kappa shape index (κ1) is 27.5. The van der Waals surface area contributed by atoms with E-state index >= 15 is 0 Å². The van der Waals surface area contributed by atoms with Crippen molar-refractivity contribution in [3.63, 3.8) is 0 Å². The van der Waals surface area contributed by atoms with Crippen molar-refractivity contribution >= 4 is 23.0 Å². The molecule has 2 unspecified atom stereocenters. The SMILES string of the molecule is C=C(CC(C)CC)NCCCCN=C1Nc2cc(OCCOC)ccc2N2C(C)=NNC12.CC.[HH]. The van der Waals surface area contributed by atoms with E-state index < -0.39 is 0 Å². The van der Waals surface area contributed by atoms with Gasteiger partial charge in [0.05, 0.1) is 18.0 Å². The summed E-state index contributed by atoms with van der Waals surface area (Å²) in [5, 5.41) is 11.4. The van der Waals surface area contributed by atoms with E-state index in [4.69, 9.17) is 14.5 Å². The molecule has 0 amide bonds. The first-order valence-corrected chi connectivity index (χ1v) is 12.6. The lowest BCUT2D eigenvalue weighted by atomic mass is 10.0. The highest BCUT2D eigenvalue weighted by molar-refractivity contribution is 6.15. The second-order valence-corrected chi connectivity index (χ2v) is 8.43. The number of hydrogen-bond acceptors (Lipinski definition) is 7. The van der Waals surface area contributed by atoms with Crippen LogP contribution < -0.4 is 25.7 Å². The van der Waals surface area contributed by atoms with Gasteiger partial charge in [-0.3, -0.25) is 15.3 Å². The number of amidine groups is 2. The quantitative estimate of drug-likeness (QED) is 0.341. The zero-order valence-electron chi connectivity index (χ0n) is 21.9. The van der Waals surface area contributed by atoms with Crippen molar-refractivity contribution in [1.29, 1.82) is 0 Å². The lowest BCUT2D eigenvalue weighted by Gasteiger charge is -2.34. The molecule has 3 N–H and O–H groups in total. The van der Waals surface area contributed by atoms with Crippen LogP contribution in [0.3, 0.4) is 0 Å². The minimum Gasteiger partial charge on any atom is -0.491 e. The molecule has 3 rings (SSSR count).